The minimum Gasteiger partial charge on any atom is -0.497 e. The third-order valence-electron chi connectivity index (χ3n) is 2.40. The molecule has 88 valence electrons. The highest BCUT2D eigenvalue weighted by molar-refractivity contribution is 5.59. The number of hydrogen-bond acceptors (Lipinski definition) is 5. The second kappa shape index (κ2) is 4.80. The average Bonchev–Trinajstić information content (AvgIpc) is 2.38. The van der Waals surface area contributed by atoms with E-state index >= 15 is 0 Å². The van der Waals surface area contributed by atoms with Gasteiger partial charge in [0.15, 0.2) is 5.82 Å². The van der Waals surface area contributed by atoms with Crippen LogP contribution in [0.4, 0.5) is 5.82 Å². The van der Waals surface area contributed by atoms with E-state index < -0.39 is 0 Å². The highest BCUT2D eigenvalue weighted by atomic mass is 16.5. The van der Waals surface area contributed by atoms with Gasteiger partial charge in [0.2, 0.25) is 0 Å². The lowest BCUT2D eigenvalue weighted by Crippen LogP contribution is -2.01. The number of aromatic nitrogens is 2. The Kier molecular flexibility index (Phi) is 3.20. The maximum absolute atomic E-state index is 8.98. The second-order valence-electron chi connectivity index (χ2n) is 3.49. The standard InChI is InChI=1S/C12H13N3O2/c1-17-10-4-2-3-8(5-10)12-14-6-9(7-16)11(13)15-12/h2-6,16H,7H2,1H3,(H2,13,14,15). The minimum absolute atomic E-state index is 0.162. The molecule has 5 nitrogen and oxygen atoms in total. The van der Waals surface area contributed by atoms with Crippen molar-refractivity contribution in [3.8, 4) is 17.1 Å². The predicted molar refractivity (Wildman–Crippen MR) is 64.4 cm³/mol. The molecule has 0 amide bonds. The zero-order valence-electron chi connectivity index (χ0n) is 9.42. The summed E-state index contributed by atoms with van der Waals surface area (Å²) in [6.07, 6.45) is 1.52. The fourth-order valence-corrected chi connectivity index (χ4v) is 1.44. The number of anilines is 1. The van der Waals surface area contributed by atoms with Crippen molar-refractivity contribution in [1.29, 1.82) is 0 Å². The molecule has 1 aromatic heterocycles. The number of rotatable bonds is 3. The summed E-state index contributed by atoms with van der Waals surface area (Å²) >= 11 is 0. The maximum atomic E-state index is 8.98. The summed E-state index contributed by atoms with van der Waals surface area (Å²) in [5, 5.41) is 8.98. The lowest BCUT2D eigenvalue weighted by Gasteiger charge is -2.06. The molecule has 2 aromatic rings. The van der Waals surface area contributed by atoms with Crippen molar-refractivity contribution < 1.29 is 9.84 Å². The highest BCUT2D eigenvalue weighted by Crippen LogP contribution is 2.21. The molecule has 17 heavy (non-hydrogen) atoms. The molecule has 2 rings (SSSR count). The van der Waals surface area contributed by atoms with E-state index in [9.17, 15) is 0 Å². The van der Waals surface area contributed by atoms with Crippen LogP contribution in [0.5, 0.6) is 5.75 Å². The van der Waals surface area contributed by atoms with Crippen LogP contribution in [0.2, 0.25) is 0 Å². The van der Waals surface area contributed by atoms with Gasteiger partial charge in [-0.05, 0) is 12.1 Å². The molecule has 0 atom stereocenters. The average molecular weight is 231 g/mol. The van der Waals surface area contributed by atoms with Crippen LogP contribution in [0.3, 0.4) is 0 Å². The lowest BCUT2D eigenvalue weighted by atomic mass is 10.2. The van der Waals surface area contributed by atoms with Crippen LogP contribution in [0.25, 0.3) is 11.4 Å². The van der Waals surface area contributed by atoms with Crippen LogP contribution in [-0.4, -0.2) is 22.2 Å². The van der Waals surface area contributed by atoms with Gasteiger partial charge in [0.05, 0.1) is 13.7 Å². The van der Waals surface area contributed by atoms with Gasteiger partial charge in [-0.25, -0.2) is 9.97 Å². The number of nitrogens with two attached hydrogens (primary N) is 1. The molecular weight excluding hydrogens is 218 g/mol. The number of nitrogens with zero attached hydrogens (tertiary/aromatic N) is 2. The molecule has 5 heteroatoms. The first-order valence-corrected chi connectivity index (χ1v) is 5.11. The third-order valence-corrected chi connectivity index (χ3v) is 2.40. The van der Waals surface area contributed by atoms with Crippen LogP contribution in [0.1, 0.15) is 5.56 Å². The third kappa shape index (κ3) is 2.34. The Morgan fingerprint density at radius 3 is 2.88 bits per heavy atom. The minimum atomic E-state index is -0.162. The van der Waals surface area contributed by atoms with Gasteiger partial charge in [-0.2, -0.15) is 0 Å². The Balaban J connectivity index is 2.42. The molecule has 3 N–H and O–H groups in total. The summed E-state index contributed by atoms with van der Waals surface area (Å²) in [6, 6.07) is 7.39. The van der Waals surface area contributed by atoms with Crippen LogP contribution in [0, 0.1) is 0 Å². The number of aliphatic hydroxyl groups is 1. The number of methoxy groups -OCH3 is 1. The van der Waals surface area contributed by atoms with E-state index in [0.717, 1.165) is 11.3 Å². The topological polar surface area (TPSA) is 81.3 Å². The quantitative estimate of drug-likeness (QED) is 0.830. The van der Waals surface area contributed by atoms with Crippen molar-refractivity contribution >= 4 is 5.82 Å². The van der Waals surface area contributed by atoms with Gasteiger partial charge >= 0.3 is 0 Å². The van der Waals surface area contributed by atoms with Crippen molar-refractivity contribution in [2.75, 3.05) is 12.8 Å². The van der Waals surface area contributed by atoms with Gasteiger partial charge in [0.25, 0.3) is 0 Å². The van der Waals surface area contributed by atoms with E-state index in [1.165, 1.54) is 6.20 Å². The zero-order chi connectivity index (χ0) is 12.3. The van der Waals surface area contributed by atoms with Crippen molar-refractivity contribution in [1.82, 2.24) is 9.97 Å². The van der Waals surface area contributed by atoms with E-state index in [0.29, 0.717) is 17.2 Å². The Morgan fingerprint density at radius 2 is 2.24 bits per heavy atom. The number of hydrogen-bond donors (Lipinski definition) is 2. The molecule has 0 spiro atoms. The monoisotopic (exact) mass is 231 g/mol. The van der Waals surface area contributed by atoms with Crippen molar-refractivity contribution in [2.45, 2.75) is 6.61 Å². The van der Waals surface area contributed by atoms with Gasteiger partial charge in [-0.1, -0.05) is 12.1 Å². The molecule has 0 bridgehead atoms. The number of benzene rings is 1. The Bertz CT molecular complexity index is 529. The fourth-order valence-electron chi connectivity index (χ4n) is 1.44. The molecule has 0 unspecified atom stereocenters. The fraction of sp³-hybridized carbons (Fsp3) is 0.167. The molecule has 0 radical (unpaired) electrons. The molecular formula is C12H13N3O2. The van der Waals surface area contributed by atoms with E-state index in [4.69, 9.17) is 15.6 Å². The van der Waals surface area contributed by atoms with Crippen molar-refractivity contribution in [3.63, 3.8) is 0 Å². The van der Waals surface area contributed by atoms with E-state index in [-0.39, 0.29) is 6.61 Å². The van der Waals surface area contributed by atoms with E-state index in [1.807, 2.05) is 24.3 Å². The van der Waals surface area contributed by atoms with Crippen molar-refractivity contribution in [2.24, 2.45) is 0 Å². The number of ether oxygens (including phenoxy) is 1. The van der Waals surface area contributed by atoms with Gasteiger partial charge in [-0.3, -0.25) is 0 Å². The molecule has 0 aliphatic rings. The van der Waals surface area contributed by atoms with Crippen LogP contribution in [-0.2, 0) is 6.61 Å². The summed E-state index contributed by atoms with van der Waals surface area (Å²) in [5.41, 5.74) is 7.04. The van der Waals surface area contributed by atoms with Gasteiger partial charge in [-0.15, -0.1) is 0 Å². The molecule has 0 saturated carbocycles. The predicted octanol–water partition coefficient (Wildman–Crippen LogP) is 1.23. The highest BCUT2D eigenvalue weighted by Gasteiger charge is 2.06. The zero-order valence-corrected chi connectivity index (χ0v) is 9.42. The van der Waals surface area contributed by atoms with Gasteiger partial charge < -0.3 is 15.6 Å². The van der Waals surface area contributed by atoms with Crippen LogP contribution >= 0.6 is 0 Å². The first-order valence-electron chi connectivity index (χ1n) is 5.11. The van der Waals surface area contributed by atoms with Crippen molar-refractivity contribution in [3.05, 3.63) is 36.0 Å². The smallest absolute Gasteiger partial charge is 0.161 e. The Hall–Kier alpha value is -2.14. The Labute approximate surface area is 98.9 Å². The number of aliphatic hydroxyl groups excluding tert-OH is 1. The van der Waals surface area contributed by atoms with Crippen LogP contribution in [0.15, 0.2) is 30.5 Å². The molecule has 1 heterocycles. The molecule has 0 aliphatic heterocycles. The lowest BCUT2D eigenvalue weighted by molar-refractivity contribution is 0.281. The summed E-state index contributed by atoms with van der Waals surface area (Å²) in [5.74, 6) is 1.54. The Morgan fingerprint density at radius 1 is 1.41 bits per heavy atom. The summed E-state index contributed by atoms with van der Waals surface area (Å²) in [6.45, 7) is -0.162. The maximum Gasteiger partial charge on any atom is 0.161 e. The first kappa shape index (κ1) is 11.3. The van der Waals surface area contributed by atoms with E-state index in [2.05, 4.69) is 9.97 Å². The summed E-state index contributed by atoms with van der Waals surface area (Å²) in [4.78, 5) is 8.29. The molecule has 0 fully saturated rings. The summed E-state index contributed by atoms with van der Waals surface area (Å²) in [7, 11) is 1.60. The normalized spacial score (nSPS) is 10.2. The van der Waals surface area contributed by atoms with Gasteiger partial charge in [0.1, 0.15) is 11.6 Å². The molecule has 0 saturated heterocycles. The summed E-state index contributed by atoms with van der Waals surface area (Å²) < 4.78 is 5.12. The molecule has 1 aromatic carbocycles. The number of nitrogen functional groups attached to an aromatic ring is 1. The van der Waals surface area contributed by atoms with Crippen LogP contribution < -0.4 is 10.5 Å². The largest absolute Gasteiger partial charge is 0.497 e. The molecule has 0 aliphatic carbocycles. The first-order chi connectivity index (χ1) is 8.24. The van der Waals surface area contributed by atoms with E-state index in [1.54, 1.807) is 7.11 Å². The SMILES string of the molecule is COc1cccc(-c2ncc(CO)c(N)n2)c1. The second-order valence-corrected chi connectivity index (χ2v) is 3.49. The van der Waals surface area contributed by atoms with Gasteiger partial charge in [0, 0.05) is 17.3 Å².